The normalized spacial score (nSPS) is 13.2. The number of amides is 1. The molecule has 1 fully saturated rings. The van der Waals surface area contributed by atoms with Crippen molar-refractivity contribution in [3.8, 4) is 17.2 Å². The standard InChI is InChI=1S/C26H31N5O4/c1-17-14-23(31-12-6-5-7-13-31)30-26(27-17)29-20-10-8-19(9-11-20)28-25(32)18-15-21(33-2)24(35-4)22(16-18)34-3/h8-11,14-16H,5-7,12-13H2,1-4H3,(H,28,32)(H,27,29,30). The molecule has 184 valence electrons. The Balaban J connectivity index is 1.45. The Kier molecular flexibility index (Phi) is 7.54. The molecule has 0 saturated carbocycles. The van der Waals surface area contributed by atoms with E-state index in [0.717, 1.165) is 30.3 Å². The van der Waals surface area contributed by atoms with E-state index in [9.17, 15) is 4.79 Å². The van der Waals surface area contributed by atoms with Gasteiger partial charge in [0, 0.05) is 41.8 Å². The minimum absolute atomic E-state index is 0.293. The molecule has 0 aliphatic carbocycles. The number of hydrogen-bond donors (Lipinski definition) is 2. The predicted molar refractivity (Wildman–Crippen MR) is 137 cm³/mol. The van der Waals surface area contributed by atoms with Gasteiger partial charge >= 0.3 is 0 Å². The van der Waals surface area contributed by atoms with Gasteiger partial charge in [0.2, 0.25) is 11.7 Å². The minimum atomic E-state index is -0.293. The maximum Gasteiger partial charge on any atom is 0.255 e. The zero-order valence-electron chi connectivity index (χ0n) is 20.6. The maximum absolute atomic E-state index is 12.8. The van der Waals surface area contributed by atoms with Crippen LogP contribution in [0.1, 0.15) is 35.3 Å². The van der Waals surface area contributed by atoms with E-state index in [0.29, 0.717) is 34.4 Å². The SMILES string of the molecule is COc1cc(C(=O)Nc2ccc(Nc3nc(C)cc(N4CCCCC4)n3)cc2)cc(OC)c1OC. The molecule has 9 heteroatoms. The van der Waals surface area contributed by atoms with Gasteiger partial charge in [-0.05, 0) is 62.6 Å². The fourth-order valence-electron chi connectivity index (χ4n) is 4.07. The summed E-state index contributed by atoms with van der Waals surface area (Å²) in [5.74, 6) is 2.48. The topological polar surface area (TPSA) is 97.8 Å². The Morgan fingerprint density at radius 2 is 1.49 bits per heavy atom. The average molecular weight is 478 g/mol. The van der Waals surface area contributed by atoms with Gasteiger partial charge in [0.25, 0.3) is 5.91 Å². The van der Waals surface area contributed by atoms with E-state index in [1.54, 1.807) is 12.1 Å². The molecule has 0 spiro atoms. The van der Waals surface area contributed by atoms with Crippen LogP contribution in [0.4, 0.5) is 23.1 Å². The molecule has 4 rings (SSSR count). The Labute approximate surface area is 205 Å². The maximum atomic E-state index is 12.8. The molecule has 0 radical (unpaired) electrons. The number of piperidine rings is 1. The van der Waals surface area contributed by atoms with Crippen molar-refractivity contribution in [2.75, 3.05) is 50.0 Å². The van der Waals surface area contributed by atoms with E-state index in [1.165, 1.54) is 40.6 Å². The van der Waals surface area contributed by atoms with E-state index in [1.807, 2.05) is 37.3 Å². The third-order valence-electron chi connectivity index (χ3n) is 5.85. The van der Waals surface area contributed by atoms with Crippen LogP contribution in [0, 0.1) is 6.92 Å². The van der Waals surface area contributed by atoms with Crippen molar-refractivity contribution in [2.45, 2.75) is 26.2 Å². The summed E-state index contributed by atoms with van der Waals surface area (Å²) in [5, 5.41) is 6.16. The molecule has 9 nitrogen and oxygen atoms in total. The van der Waals surface area contributed by atoms with Crippen LogP contribution >= 0.6 is 0 Å². The lowest BCUT2D eigenvalue weighted by molar-refractivity contribution is 0.102. The highest BCUT2D eigenvalue weighted by atomic mass is 16.5. The minimum Gasteiger partial charge on any atom is -0.493 e. The van der Waals surface area contributed by atoms with Crippen LogP contribution in [0.5, 0.6) is 17.2 Å². The summed E-state index contributed by atoms with van der Waals surface area (Å²) in [6, 6.07) is 12.6. The van der Waals surface area contributed by atoms with Gasteiger partial charge in [-0.2, -0.15) is 4.98 Å². The lowest BCUT2D eigenvalue weighted by atomic mass is 10.1. The molecule has 1 aliphatic heterocycles. The summed E-state index contributed by atoms with van der Waals surface area (Å²) in [5.41, 5.74) is 2.77. The number of anilines is 4. The molecule has 1 aromatic heterocycles. The van der Waals surface area contributed by atoms with Crippen LogP contribution in [0.25, 0.3) is 0 Å². The van der Waals surface area contributed by atoms with Gasteiger partial charge in [-0.3, -0.25) is 4.79 Å². The number of nitrogens with zero attached hydrogens (tertiary/aromatic N) is 3. The van der Waals surface area contributed by atoms with Crippen molar-refractivity contribution in [3.05, 3.63) is 53.7 Å². The number of rotatable bonds is 8. The van der Waals surface area contributed by atoms with Crippen molar-refractivity contribution in [1.82, 2.24) is 9.97 Å². The summed E-state index contributed by atoms with van der Waals surface area (Å²) >= 11 is 0. The zero-order chi connectivity index (χ0) is 24.8. The number of hydrogen-bond acceptors (Lipinski definition) is 8. The highest BCUT2D eigenvalue weighted by Crippen LogP contribution is 2.38. The van der Waals surface area contributed by atoms with E-state index < -0.39 is 0 Å². The quantitative estimate of drug-likeness (QED) is 0.478. The highest BCUT2D eigenvalue weighted by molar-refractivity contribution is 6.05. The average Bonchev–Trinajstić information content (AvgIpc) is 2.89. The molecule has 1 amide bonds. The predicted octanol–water partition coefficient (Wildman–Crippen LogP) is 4.80. The molecule has 35 heavy (non-hydrogen) atoms. The summed E-state index contributed by atoms with van der Waals surface area (Å²) in [7, 11) is 4.54. The second-order valence-electron chi connectivity index (χ2n) is 8.31. The second-order valence-corrected chi connectivity index (χ2v) is 8.31. The molecule has 3 aromatic rings. The fourth-order valence-corrected chi connectivity index (χ4v) is 4.07. The summed E-state index contributed by atoms with van der Waals surface area (Å²) in [6.07, 6.45) is 3.65. The largest absolute Gasteiger partial charge is 0.493 e. The van der Waals surface area contributed by atoms with Crippen LogP contribution < -0.4 is 29.7 Å². The second kappa shape index (κ2) is 10.9. The molecule has 0 bridgehead atoms. The lowest BCUT2D eigenvalue weighted by Crippen LogP contribution is -2.30. The first-order valence-electron chi connectivity index (χ1n) is 11.6. The molecule has 0 unspecified atom stereocenters. The number of ether oxygens (including phenoxy) is 3. The zero-order valence-corrected chi connectivity index (χ0v) is 20.6. The third kappa shape index (κ3) is 5.74. The van der Waals surface area contributed by atoms with Crippen molar-refractivity contribution in [2.24, 2.45) is 0 Å². The number of aryl methyl sites for hydroxylation is 1. The number of aromatic nitrogens is 2. The highest BCUT2D eigenvalue weighted by Gasteiger charge is 2.17. The third-order valence-corrected chi connectivity index (χ3v) is 5.85. The van der Waals surface area contributed by atoms with E-state index in [-0.39, 0.29) is 5.91 Å². The first-order chi connectivity index (χ1) is 17.0. The molecular formula is C26H31N5O4. The van der Waals surface area contributed by atoms with E-state index in [2.05, 4.69) is 20.5 Å². The first kappa shape index (κ1) is 24.1. The molecule has 0 atom stereocenters. The Hall–Kier alpha value is -4.01. The number of carbonyl (C=O) groups excluding carboxylic acids is 1. The molecule has 2 N–H and O–H groups in total. The summed E-state index contributed by atoms with van der Waals surface area (Å²) in [4.78, 5) is 24.4. The van der Waals surface area contributed by atoms with E-state index in [4.69, 9.17) is 19.2 Å². The Morgan fingerprint density at radius 1 is 0.857 bits per heavy atom. The van der Waals surface area contributed by atoms with Crippen LogP contribution in [-0.2, 0) is 0 Å². The first-order valence-corrected chi connectivity index (χ1v) is 11.6. The monoisotopic (exact) mass is 477 g/mol. The van der Waals surface area contributed by atoms with Crippen LogP contribution in [0.2, 0.25) is 0 Å². The molecule has 2 aromatic carbocycles. The molecular weight excluding hydrogens is 446 g/mol. The Morgan fingerprint density at radius 3 is 2.09 bits per heavy atom. The molecule has 1 aliphatic rings. The van der Waals surface area contributed by atoms with E-state index >= 15 is 0 Å². The smallest absolute Gasteiger partial charge is 0.255 e. The van der Waals surface area contributed by atoms with Crippen LogP contribution in [-0.4, -0.2) is 50.3 Å². The van der Waals surface area contributed by atoms with Gasteiger partial charge in [-0.1, -0.05) is 0 Å². The number of benzene rings is 2. The fraction of sp³-hybridized carbons (Fsp3) is 0.346. The van der Waals surface area contributed by atoms with Gasteiger partial charge in [-0.15, -0.1) is 0 Å². The van der Waals surface area contributed by atoms with Crippen molar-refractivity contribution in [1.29, 1.82) is 0 Å². The van der Waals surface area contributed by atoms with Crippen LogP contribution in [0.15, 0.2) is 42.5 Å². The van der Waals surface area contributed by atoms with Gasteiger partial charge in [-0.25, -0.2) is 4.98 Å². The number of carbonyl (C=O) groups is 1. The summed E-state index contributed by atoms with van der Waals surface area (Å²) < 4.78 is 16.0. The van der Waals surface area contributed by atoms with Gasteiger partial charge in [0.1, 0.15) is 5.82 Å². The summed E-state index contributed by atoms with van der Waals surface area (Å²) in [6.45, 7) is 4.02. The van der Waals surface area contributed by atoms with Gasteiger partial charge < -0.3 is 29.7 Å². The van der Waals surface area contributed by atoms with Gasteiger partial charge in [0.05, 0.1) is 21.3 Å². The number of nitrogens with one attached hydrogen (secondary N) is 2. The van der Waals surface area contributed by atoms with Crippen LogP contribution in [0.3, 0.4) is 0 Å². The Bertz CT molecular complexity index is 1150. The molecule has 2 heterocycles. The van der Waals surface area contributed by atoms with Crippen molar-refractivity contribution in [3.63, 3.8) is 0 Å². The van der Waals surface area contributed by atoms with Gasteiger partial charge in [0.15, 0.2) is 11.5 Å². The number of methoxy groups -OCH3 is 3. The lowest BCUT2D eigenvalue weighted by Gasteiger charge is -2.28. The molecule has 1 saturated heterocycles. The van der Waals surface area contributed by atoms with Crippen molar-refractivity contribution >= 4 is 29.0 Å². The van der Waals surface area contributed by atoms with Crippen molar-refractivity contribution < 1.29 is 19.0 Å².